The summed E-state index contributed by atoms with van der Waals surface area (Å²) in [6, 6.07) is 0. The van der Waals surface area contributed by atoms with Gasteiger partial charge in [0, 0.05) is 0 Å². The summed E-state index contributed by atoms with van der Waals surface area (Å²) in [5.41, 5.74) is 4.58. The highest BCUT2D eigenvalue weighted by Gasteiger charge is 2.11. The molecule has 0 saturated heterocycles. The first-order valence-electron chi connectivity index (χ1n) is 2.66. The Labute approximate surface area is 61.3 Å². The molecule has 0 amide bonds. The standard InChI is InChI=1S/C5H5N3O3/c6-5-7-1-2(9)3(8-5)4(10)11/h1,9H,(H,10,11)(H2,6,7,8). The monoisotopic (exact) mass is 155 g/mol. The van der Waals surface area contributed by atoms with Crippen LogP contribution in [0.5, 0.6) is 5.75 Å². The maximum absolute atomic E-state index is 10.3. The van der Waals surface area contributed by atoms with Gasteiger partial charge in [0.15, 0.2) is 11.4 Å². The SMILES string of the molecule is Nc1ncc(O)c(C(=O)O)n1. The summed E-state index contributed by atoms with van der Waals surface area (Å²) in [6.45, 7) is 0. The van der Waals surface area contributed by atoms with Crippen LogP contribution in [0, 0.1) is 0 Å². The average Bonchev–Trinajstić information content (AvgIpc) is 1.94. The van der Waals surface area contributed by atoms with Crippen LogP contribution in [0.1, 0.15) is 10.5 Å². The van der Waals surface area contributed by atoms with Gasteiger partial charge in [0.05, 0.1) is 6.20 Å². The fraction of sp³-hybridized carbons (Fsp3) is 0. The number of aromatic carboxylic acids is 1. The van der Waals surface area contributed by atoms with Crippen molar-refractivity contribution in [2.24, 2.45) is 0 Å². The van der Waals surface area contributed by atoms with E-state index in [9.17, 15) is 4.79 Å². The lowest BCUT2D eigenvalue weighted by molar-refractivity contribution is 0.0687. The Morgan fingerprint density at radius 2 is 2.27 bits per heavy atom. The van der Waals surface area contributed by atoms with Crippen molar-refractivity contribution in [2.75, 3.05) is 5.73 Å². The van der Waals surface area contributed by atoms with Crippen LogP contribution in [0.3, 0.4) is 0 Å². The molecule has 0 spiro atoms. The second-order valence-electron chi connectivity index (χ2n) is 1.77. The second kappa shape index (κ2) is 2.41. The van der Waals surface area contributed by atoms with Gasteiger partial charge in [-0.05, 0) is 0 Å². The van der Waals surface area contributed by atoms with Crippen molar-refractivity contribution in [1.82, 2.24) is 9.97 Å². The molecule has 0 aliphatic carbocycles. The van der Waals surface area contributed by atoms with E-state index in [1.165, 1.54) is 0 Å². The number of aromatic nitrogens is 2. The molecule has 4 N–H and O–H groups in total. The van der Waals surface area contributed by atoms with Crippen molar-refractivity contribution in [3.63, 3.8) is 0 Å². The predicted molar refractivity (Wildman–Crippen MR) is 35.1 cm³/mol. The molecule has 1 aromatic heterocycles. The Morgan fingerprint density at radius 1 is 1.64 bits per heavy atom. The Kier molecular flexibility index (Phi) is 1.59. The molecule has 0 unspecified atom stereocenters. The quantitative estimate of drug-likeness (QED) is 0.502. The summed E-state index contributed by atoms with van der Waals surface area (Å²) in [4.78, 5) is 16.9. The fourth-order valence-electron chi connectivity index (χ4n) is 0.546. The Hall–Kier alpha value is -1.85. The number of carbonyl (C=O) groups is 1. The number of aromatic hydroxyl groups is 1. The normalized spacial score (nSPS) is 9.45. The third-order valence-corrected chi connectivity index (χ3v) is 0.991. The fourth-order valence-corrected chi connectivity index (χ4v) is 0.546. The first-order valence-corrected chi connectivity index (χ1v) is 2.66. The summed E-state index contributed by atoms with van der Waals surface area (Å²) >= 11 is 0. The molecule has 0 aromatic carbocycles. The van der Waals surface area contributed by atoms with Crippen LogP contribution in [0.2, 0.25) is 0 Å². The molecular weight excluding hydrogens is 150 g/mol. The van der Waals surface area contributed by atoms with Gasteiger partial charge >= 0.3 is 5.97 Å². The van der Waals surface area contributed by atoms with Crippen molar-refractivity contribution in [2.45, 2.75) is 0 Å². The number of nitrogens with two attached hydrogens (primary N) is 1. The van der Waals surface area contributed by atoms with Crippen molar-refractivity contribution < 1.29 is 15.0 Å². The minimum atomic E-state index is -1.34. The third kappa shape index (κ3) is 1.34. The molecule has 11 heavy (non-hydrogen) atoms. The smallest absolute Gasteiger partial charge is 0.358 e. The zero-order valence-electron chi connectivity index (χ0n) is 5.35. The Morgan fingerprint density at radius 3 is 2.73 bits per heavy atom. The molecule has 58 valence electrons. The number of hydrogen-bond donors (Lipinski definition) is 3. The van der Waals surface area contributed by atoms with Gasteiger partial charge in [0.25, 0.3) is 0 Å². The van der Waals surface area contributed by atoms with Gasteiger partial charge in [-0.1, -0.05) is 0 Å². The first-order chi connectivity index (χ1) is 5.11. The van der Waals surface area contributed by atoms with Gasteiger partial charge in [-0.15, -0.1) is 0 Å². The van der Waals surface area contributed by atoms with Gasteiger partial charge in [0.1, 0.15) is 0 Å². The summed E-state index contributed by atoms with van der Waals surface area (Å²) in [5.74, 6) is -2.01. The highest BCUT2D eigenvalue weighted by atomic mass is 16.4. The highest BCUT2D eigenvalue weighted by Crippen LogP contribution is 2.12. The van der Waals surface area contributed by atoms with Gasteiger partial charge in [0.2, 0.25) is 5.95 Å². The zero-order chi connectivity index (χ0) is 8.43. The maximum atomic E-state index is 10.3. The van der Waals surface area contributed by atoms with Gasteiger partial charge in [-0.3, -0.25) is 0 Å². The van der Waals surface area contributed by atoms with E-state index in [4.69, 9.17) is 15.9 Å². The van der Waals surface area contributed by atoms with E-state index in [-0.39, 0.29) is 5.95 Å². The third-order valence-electron chi connectivity index (χ3n) is 0.991. The van der Waals surface area contributed by atoms with Crippen LogP contribution in [0.4, 0.5) is 5.95 Å². The number of hydrogen-bond acceptors (Lipinski definition) is 5. The Balaban J connectivity index is 3.23. The van der Waals surface area contributed by atoms with Gasteiger partial charge in [-0.2, -0.15) is 0 Å². The van der Waals surface area contributed by atoms with E-state index in [0.717, 1.165) is 6.20 Å². The lowest BCUT2D eigenvalue weighted by Crippen LogP contribution is -2.04. The van der Waals surface area contributed by atoms with Crippen molar-refractivity contribution >= 4 is 11.9 Å². The maximum Gasteiger partial charge on any atom is 0.358 e. The molecule has 0 aliphatic rings. The first kappa shape index (κ1) is 7.26. The zero-order valence-corrected chi connectivity index (χ0v) is 5.35. The van der Waals surface area contributed by atoms with Crippen LogP contribution in [-0.2, 0) is 0 Å². The van der Waals surface area contributed by atoms with Crippen LogP contribution in [0.25, 0.3) is 0 Å². The highest BCUT2D eigenvalue weighted by molar-refractivity contribution is 5.88. The van der Waals surface area contributed by atoms with E-state index < -0.39 is 17.4 Å². The van der Waals surface area contributed by atoms with Crippen molar-refractivity contribution in [3.05, 3.63) is 11.9 Å². The number of carboxylic acids is 1. The molecule has 0 radical (unpaired) electrons. The number of nitrogen functional groups attached to an aromatic ring is 1. The van der Waals surface area contributed by atoms with Gasteiger partial charge < -0.3 is 15.9 Å². The summed E-state index contributed by atoms with van der Waals surface area (Å²) < 4.78 is 0. The lowest BCUT2D eigenvalue weighted by atomic mass is 10.4. The Bertz CT molecular complexity index is 299. The minimum absolute atomic E-state index is 0.180. The summed E-state index contributed by atoms with van der Waals surface area (Å²) in [5, 5.41) is 17.2. The molecule has 1 rings (SSSR count). The molecule has 0 fully saturated rings. The van der Waals surface area contributed by atoms with Crippen molar-refractivity contribution in [3.8, 4) is 5.75 Å². The molecule has 6 nitrogen and oxygen atoms in total. The molecule has 1 aromatic rings. The van der Waals surface area contributed by atoms with E-state index in [0.29, 0.717) is 0 Å². The molecule has 0 bridgehead atoms. The predicted octanol–water partition coefficient (Wildman–Crippen LogP) is -0.537. The van der Waals surface area contributed by atoms with E-state index in [1.807, 2.05) is 0 Å². The number of rotatable bonds is 1. The van der Waals surface area contributed by atoms with Crippen molar-refractivity contribution in [1.29, 1.82) is 0 Å². The molecule has 0 atom stereocenters. The molecule has 1 heterocycles. The average molecular weight is 155 g/mol. The summed E-state index contributed by atoms with van der Waals surface area (Å²) in [6.07, 6.45) is 0.936. The molecular formula is C5H5N3O3. The van der Waals surface area contributed by atoms with E-state index >= 15 is 0 Å². The van der Waals surface area contributed by atoms with Crippen LogP contribution >= 0.6 is 0 Å². The number of carboxylic acid groups (broad SMARTS) is 1. The van der Waals surface area contributed by atoms with Gasteiger partial charge in [-0.25, -0.2) is 14.8 Å². The number of nitrogens with zero attached hydrogens (tertiary/aromatic N) is 2. The van der Waals surface area contributed by atoms with Crippen LogP contribution < -0.4 is 5.73 Å². The largest absolute Gasteiger partial charge is 0.504 e. The summed E-state index contributed by atoms with van der Waals surface area (Å²) in [7, 11) is 0. The molecule has 6 heteroatoms. The van der Waals surface area contributed by atoms with E-state index in [1.54, 1.807) is 0 Å². The minimum Gasteiger partial charge on any atom is -0.504 e. The topological polar surface area (TPSA) is 109 Å². The molecule has 0 saturated carbocycles. The van der Waals surface area contributed by atoms with Crippen LogP contribution in [-0.4, -0.2) is 26.2 Å². The van der Waals surface area contributed by atoms with E-state index in [2.05, 4.69) is 9.97 Å². The lowest BCUT2D eigenvalue weighted by Gasteiger charge is -1.96. The second-order valence-corrected chi connectivity index (χ2v) is 1.77. The van der Waals surface area contributed by atoms with Crippen LogP contribution in [0.15, 0.2) is 6.20 Å². The molecule has 0 aliphatic heterocycles. The number of anilines is 1.